The fourth-order valence-corrected chi connectivity index (χ4v) is 5.22. The molecule has 0 unspecified atom stereocenters. The summed E-state index contributed by atoms with van der Waals surface area (Å²) in [5.74, 6) is -0.339. The van der Waals surface area contributed by atoms with E-state index in [1.165, 1.54) is 15.9 Å². The number of carbonyl (C=O) groups is 1. The first-order valence-corrected chi connectivity index (χ1v) is 11.9. The van der Waals surface area contributed by atoms with Crippen LogP contribution in [0.2, 0.25) is 0 Å². The fourth-order valence-electron chi connectivity index (χ4n) is 4.09. The highest BCUT2D eigenvalue weighted by Crippen LogP contribution is 2.31. The molecule has 7 heteroatoms. The second-order valence-corrected chi connectivity index (χ2v) is 9.27. The first-order chi connectivity index (χ1) is 16.5. The van der Waals surface area contributed by atoms with Crippen LogP contribution >= 0.6 is 11.3 Å². The van der Waals surface area contributed by atoms with E-state index in [-0.39, 0.29) is 18.0 Å². The fraction of sp³-hybridized carbons (Fsp3) is 0.148. The average molecular weight is 470 g/mol. The molecule has 0 aliphatic carbocycles. The van der Waals surface area contributed by atoms with Gasteiger partial charge in [0, 0.05) is 15.8 Å². The highest BCUT2D eigenvalue weighted by atomic mass is 32.1. The van der Waals surface area contributed by atoms with Gasteiger partial charge in [0.1, 0.15) is 11.2 Å². The molecular weight excluding hydrogens is 446 g/mol. The predicted octanol–water partition coefficient (Wildman–Crippen LogP) is 4.88. The number of nitrogens with one attached hydrogen (secondary N) is 1. The zero-order chi connectivity index (χ0) is 23.8. The maximum absolute atomic E-state index is 13.7. The van der Waals surface area contributed by atoms with E-state index in [1.807, 2.05) is 74.5 Å². The van der Waals surface area contributed by atoms with Crippen molar-refractivity contribution in [2.24, 2.45) is 0 Å². The van der Waals surface area contributed by atoms with Crippen molar-refractivity contribution in [1.29, 1.82) is 0 Å². The highest BCUT2D eigenvalue weighted by Gasteiger charge is 2.20. The van der Waals surface area contributed by atoms with Gasteiger partial charge in [-0.15, -0.1) is 11.3 Å². The zero-order valence-electron chi connectivity index (χ0n) is 18.9. The number of nitrogens with zero attached hydrogens (tertiary/aromatic N) is 2. The van der Waals surface area contributed by atoms with Crippen molar-refractivity contribution < 1.29 is 4.79 Å². The molecule has 0 saturated carbocycles. The molecule has 0 bridgehead atoms. The Labute approximate surface area is 199 Å². The Bertz CT molecular complexity index is 1640. The summed E-state index contributed by atoms with van der Waals surface area (Å²) in [6, 6.07) is 22.4. The van der Waals surface area contributed by atoms with Crippen molar-refractivity contribution in [3.8, 4) is 5.69 Å². The van der Waals surface area contributed by atoms with E-state index < -0.39 is 5.69 Å². The number of rotatable bonds is 5. The van der Waals surface area contributed by atoms with Gasteiger partial charge in [0.15, 0.2) is 0 Å². The van der Waals surface area contributed by atoms with Crippen molar-refractivity contribution in [2.75, 3.05) is 5.32 Å². The van der Waals surface area contributed by atoms with Crippen LogP contribution in [0.15, 0.2) is 82.4 Å². The van der Waals surface area contributed by atoms with Crippen LogP contribution in [-0.4, -0.2) is 15.0 Å². The van der Waals surface area contributed by atoms with Crippen molar-refractivity contribution in [2.45, 2.75) is 26.8 Å². The Morgan fingerprint density at radius 1 is 0.941 bits per heavy atom. The third kappa shape index (κ3) is 3.84. The second-order valence-electron chi connectivity index (χ2n) is 8.22. The minimum Gasteiger partial charge on any atom is -0.325 e. The lowest BCUT2D eigenvalue weighted by molar-refractivity contribution is -0.116. The maximum Gasteiger partial charge on any atom is 0.336 e. The first kappa shape index (κ1) is 21.9. The maximum atomic E-state index is 13.7. The number of fused-ring (bicyclic) bond motifs is 3. The molecule has 1 amide bonds. The zero-order valence-corrected chi connectivity index (χ0v) is 19.7. The van der Waals surface area contributed by atoms with E-state index in [0.717, 1.165) is 32.2 Å². The topological polar surface area (TPSA) is 73.1 Å². The van der Waals surface area contributed by atoms with Crippen molar-refractivity contribution in [3.63, 3.8) is 0 Å². The number of anilines is 1. The van der Waals surface area contributed by atoms with Crippen LogP contribution in [0.1, 0.15) is 18.1 Å². The molecule has 170 valence electrons. The van der Waals surface area contributed by atoms with E-state index in [4.69, 9.17) is 0 Å². The summed E-state index contributed by atoms with van der Waals surface area (Å²) in [5.41, 5.74) is 2.92. The highest BCUT2D eigenvalue weighted by molar-refractivity contribution is 7.25. The normalized spacial score (nSPS) is 11.2. The molecule has 0 aliphatic heterocycles. The summed E-state index contributed by atoms with van der Waals surface area (Å²) in [4.78, 5) is 40.2. The summed E-state index contributed by atoms with van der Waals surface area (Å²) in [5, 5.41) is 3.64. The van der Waals surface area contributed by atoms with Gasteiger partial charge >= 0.3 is 5.69 Å². The number of benzene rings is 3. The van der Waals surface area contributed by atoms with Crippen LogP contribution < -0.4 is 16.6 Å². The summed E-state index contributed by atoms with van der Waals surface area (Å²) < 4.78 is 3.91. The van der Waals surface area contributed by atoms with Crippen LogP contribution in [0.3, 0.4) is 0 Å². The number of hydrogen-bond donors (Lipinski definition) is 1. The number of hydrogen-bond acceptors (Lipinski definition) is 4. The Hall–Kier alpha value is -3.97. The summed E-state index contributed by atoms with van der Waals surface area (Å²) in [7, 11) is 0. The molecular formula is C27H23N3O3S. The lowest BCUT2D eigenvalue weighted by atomic mass is 10.1. The summed E-state index contributed by atoms with van der Waals surface area (Å²) in [6.45, 7) is 3.81. The molecule has 0 radical (unpaired) electrons. The van der Waals surface area contributed by atoms with E-state index >= 15 is 0 Å². The van der Waals surface area contributed by atoms with Gasteiger partial charge < -0.3 is 5.32 Å². The molecule has 0 saturated heterocycles. The van der Waals surface area contributed by atoms with Crippen molar-refractivity contribution in [1.82, 2.24) is 9.13 Å². The molecule has 0 spiro atoms. The average Bonchev–Trinajstić information content (AvgIpc) is 3.24. The van der Waals surface area contributed by atoms with Crippen LogP contribution in [0.25, 0.3) is 26.0 Å². The largest absolute Gasteiger partial charge is 0.336 e. The molecule has 2 heterocycles. The van der Waals surface area contributed by atoms with Crippen LogP contribution in [-0.2, 0) is 17.8 Å². The van der Waals surface area contributed by atoms with Gasteiger partial charge in [0.05, 0.1) is 11.2 Å². The lowest BCUT2D eigenvalue weighted by Gasteiger charge is -2.13. The molecule has 6 nitrogen and oxygen atoms in total. The quantitative estimate of drug-likeness (QED) is 0.399. The molecule has 2 aromatic heterocycles. The van der Waals surface area contributed by atoms with Gasteiger partial charge in [0.25, 0.3) is 5.56 Å². The number of carbonyl (C=O) groups excluding carboxylic acids is 1. The third-order valence-electron chi connectivity index (χ3n) is 5.90. The standard InChI is InChI=1S/C27H23N3O3S/c1-3-18-10-14-20(15-11-18)30-26(32)25-24(21-6-4-5-7-22(21)34-25)29(27(30)33)16-23(31)28-19-12-8-17(2)9-13-19/h4-15H,3,16H2,1-2H3,(H,28,31). The molecule has 0 fully saturated rings. The Balaban J connectivity index is 1.69. The van der Waals surface area contributed by atoms with Crippen LogP contribution in [0.5, 0.6) is 0 Å². The van der Waals surface area contributed by atoms with Gasteiger partial charge in [-0.05, 0) is 49.2 Å². The van der Waals surface area contributed by atoms with Gasteiger partial charge in [-0.1, -0.05) is 55.0 Å². The first-order valence-electron chi connectivity index (χ1n) is 11.1. The number of aryl methyl sites for hydroxylation is 2. The smallest absolute Gasteiger partial charge is 0.325 e. The molecule has 5 aromatic rings. The monoisotopic (exact) mass is 469 g/mol. The second kappa shape index (κ2) is 8.76. The van der Waals surface area contributed by atoms with Crippen LogP contribution in [0, 0.1) is 6.92 Å². The Morgan fingerprint density at radius 3 is 2.35 bits per heavy atom. The van der Waals surface area contributed by atoms with E-state index in [2.05, 4.69) is 5.32 Å². The van der Waals surface area contributed by atoms with Gasteiger partial charge in [-0.2, -0.15) is 0 Å². The molecule has 1 N–H and O–H groups in total. The van der Waals surface area contributed by atoms with E-state index in [1.54, 1.807) is 12.1 Å². The SMILES string of the molecule is CCc1ccc(-n2c(=O)c3sc4ccccc4c3n(CC(=O)Nc3ccc(C)cc3)c2=O)cc1. The van der Waals surface area contributed by atoms with Gasteiger partial charge in [-0.25, -0.2) is 9.36 Å². The lowest BCUT2D eigenvalue weighted by Crippen LogP contribution is -2.40. The molecule has 3 aromatic carbocycles. The molecule has 0 aliphatic rings. The van der Waals surface area contributed by atoms with E-state index in [0.29, 0.717) is 21.6 Å². The summed E-state index contributed by atoms with van der Waals surface area (Å²) >= 11 is 1.34. The van der Waals surface area contributed by atoms with Crippen LogP contribution in [0.4, 0.5) is 5.69 Å². The van der Waals surface area contributed by atoms with Crippen molar-refractivity contribution >= 4 is 43.2 Å². The van der Waals surface area contributed by atoms with Crippen molar-refractivity contribution in [3.05, 3.63) is 105 Å². The number of amides is 1. The third-order valence-corrected chi connectivity index (χ3v) is 7.05. The van der Waals surface area contributed by atoms with E-state index in [9.17, 15) is 14.4 Å². The van der Waals surface area contributed by atoms with Gasteiger partial charge in [0.2, 0.25) is 5.91 Å². The minimum absolute atomic E-state index is 0.211. The molecule has 5 rings (SSSR count). The molecule has 34 heavy (non-hydrogen) atoms. The minimum atomic E-state index is -0.538. The molecule has 0 atom stereocenters. The number of aromatic nitrogens is 2. The Kier molecular flexibility index (Phi) is 5.63. The Morgan fingerprint density at radius 2 is 1.65 bits per heavy atom. The summed E-state index contributed by atoms with van der Waals surface area (Å²) in [6.07, 6.45) is 0.855. The predicted molar refractivity (Wildman–Crippen MR) is 138 cm³/mol. The number of thiophene rings is 1. The van der Waals surface area contributed by atoms with Gasteiger partial charge in [-0.3, -0.25) is 14.2 Å².